The van der Waals surface area contributed by atoms with E-state index in [1.54, 1.807) is 0 Å². The van der Waals surface area contributed by atoms with Crippen molar-refractivity contribution >= 4 is 5.91 Å². The van der Waals surface area contributed by atoms with Crippen molar-refractivity contribution in [1.82, 2.24) is 15.1 Å². The zero-order chi connectivity index (χ0) is 19.5. The number of carbonyl (C=O) groups excluding carboxylic acids is 1. The fourth-order valence-corrected chi connectivity index (χ4v) is 4.17. The van der Waals surface area contributed by atoms with Gasteiger partial charge in [0.25, 0.3) is 0 Å². The molecule has 2 aromatic carbocycles. The van der Waals surface area contributed by atoms with Gasteiger partial charge in [0.15, 0.2) is 0 Å². The van der Waals surface area contributed by atoms with Crippen LogP contribution in [0.5, 0.6) is 0 Å². The second-order valence-corrected chi connectivity index (χ2v) is 7.69. The predicted octanol–water partition coefficient (Wildman–Crippen LogP) is 4.27. The molecule has 1 aromatic heterocycles. The Labute approximate surface area is 166 Å². The molecule has 0 radical (unpaired) electrons. The number of aromatic nitrogens is 2. The lowest BCUT2D eigenvalue weighted by atomic mass is 9.82. The van der Waals surface area contributed by atoms with Crippen LogP contribution in [0.2, 0.25) is 0 Å². The first kappa shape index (κ1) is 18.5. The topological polar surface area (TPSA) is 46.9 Å². The molecule has 4 heteroatoms. The van der Waals surface area contributed by atoms with Crippen LogP contribution < -0.4 is 5.32 Å². The SMILES string of the molecule is Cc1cc(C)n(-c2ccc(CCNC(=O)C3CCCc4ccccc43)cc2)n1. The second kappa shape index (κ2) is 8.01. The summed E-state index contributed by atoms with van der Waals surface area (Å²) in [7, 11) is 0. The van der Waals surface area contributed by atoms with Crippen LogP contribution in [0.4, 0.5) is 0 Å². The Morgan fingerprint density at radius 3 is 2.68 bits per heavy atom. The Balaban J connectivity index is 1.34. The minimum atomic E-state index is -0.00152. The van der Waals surface area contributed by atoms with Gasteiger partial charge in [-0.2, -0.15) is 5.10 Å². The smallest absolute Gasteiger partial charge is 0.227 e. The standard InChI is InChI=1S/C24H27N3O/c1-17-16-18(2)27(26-17)21-12-10-19(11-13-21)14-15-25-24(28)23-9-5-7-20-6-3-4-8-22(20)23/h3-4,6,8,10-13,16,23H,5,7,9,14-15H2,1-2H3,(H,25,28). The molecule has 0 aliphatic heterocycles. The van der Waals surface area contributed by atoms with E-state index >= 15 is 0 Å². The van der Waals surface area contributed by atoms with Gasteiger partial charge in [-0.15, -0.1) is 0 Å². The van der Waals surface area contributed by atoms with Crippen LogP contribution in [-0.2, 0) is 17.6 Å². The van der Waals surface area contributed by atoms with E-state index in [1.165, 1.54) is 16.7 Å². The van der Waals surface area contributed by atoms with Crippen molar-refractivity contribution in [2.75, 3.05) is 6.54 Å². The summed E-state index contributed by atoms with van der Waals surface area (Å²) in [6.45, 7) is 4.73. The molecule has 0 saturated carbocycles. The first-order valence-corrected chi connectivity index (χ1v) is 10.1. The van der Waals surface area contributed by atoms with Crippen LogP contribution in [-0.4, -0.2) is 22.2 Å². The summed E-state index contributed by atoms with van der Waals surface area (Å²) in [4.78, 5) is 12.7. The quantitative estimate of drug-likeness (QED) is 0.726. The highest BCUT2D eigenvalue weighted by molar-refractivity contribution is 5.84. The van der Waals surface area contributed by atoms with Gasteiger partial charge in [0.1, 0.15) is 0 Å². The highest BCUT2D eigenvalue weighted by Crippen LogP contribution is 2.31. The summed E-state index contributed by atoms with van der Waals surface area (Å²) >= 11 is 0. The van der Waals surface area contributed by atoms with Crippen molar-refractivity contribution in [3.05, 3.63) is 82.7 Å². The average molecular weight is 374 g/mol. The lowest BCUT2D eigenvalue weighted by molar-refractivity contribution is -0.122. The van der Waals surface area contributed by atoms with Crippen LogP contribution in [0.1, 0.15) is 46.8 Å². The number of nitrogens with zero attached hydrogens (tertiary/aromatic N) is 2. The van der Waals surface area contributed by atoms with Gasteiger partial charge in [-0.3, -0.25) is 4.79 Å². The number of aryl methyl sites for hydroxylation is 3. The molecule has 28 heavy (non-hydrogen) atoms. The summed E-state index contributed by atoms with van der Waals surface area (Å²) in [5, 5.41) is 7.67. The number of nitrogens with one attached hydrogen (secondary N) is 1. The maximum atomic E-state index is 12.7. The zero-order valence-electron chi connectivity index (χ0n) is 16.6. The third-order valence-corrected chi connectivity index (χ3v) is 5.59. The van der Waals surface area contributed by atoms with E-state index in [-0.39, 0.29) is 11.8 Å². The molecule has 0 spiro atoms. The number of hydrogen-bond donors (Lipinski definition) is 1. The van der Waals surface area contributed by atoms with E-state index in [4.69, 9.17) is 0 Å². The van der Waals surface area contributed by atoms with Crippen LogP contribution in [0, 0.1) is 13.8 Å². The third kappa shape index (κ3) is 3.86. The van der Waals surface area contributed by atoms with Gasteiger partial charge in [-0.05, 0) is 74.4 Å². The zero-order valence-corrected chi connectivity index (χ0v) is 16.6. The Morgan fingerprint density at radius 2 is 1.93 bits per heavy atom. The van der Waals surface area contributed by atoms with Crippen molar-refractivity contribution in [2.24, 2.45) is 0 Å². The summed E-state index contributed by atoms with van der Waals surface area (Å²) in [5.74, 6) is 0.157. The number of carbonyl (C=O) groups is 1. The largest absolute Gasteiger partial charge is 0.355 e. The third-order valence-electron chi connectivity index (χ3n) is 5.59. The number of amides is 1. The van der Waals surface area contributed by atoms with Crippen molar-refractivity contribution in [3.63, 3.8) is 0 Å². The van der Waals surface area contributed by atoms with Crippen molar-refractivity contribution in [3.8, 4) is 5.69 Å². The minimum absolute atomic E-state index is 0.00152. The molecule has 1 N–H and O–H groups in total. The molecule has 1 amide bonds. The van der Waals surface area contributed by atoms with E-state index in [0.29, 0.717) is 6.54 Å². The van der Waals surface area contributed by atoms with Gasteiger partial charge in [0.05, 0.1) is 17.3 Å². The van der Waals surface area contributed by atoms with Crippen molar-refractivity contribution in [1.29, 1.82) is 0 Å². The van der Waals surface area contributed by atoms with Gasteiger partial charge in [-0.1, -0.05) is 36.4 Å². The van der Waals surface area contributed by atoms with Gasteiger partial charge in [0, 0.05) is 12.2 Å². The number of hydrogen-bond acceptors (Lipinski definition) is 2. The van der Waals surface area contributed by atoms with Gasteiger partial charge >= 0.3 is 0 Å². The fraction of sp³-hybridized carbons (Fsp3) is 0.333. The van der Waals surface area contributed by atoms with Gasteiger partial charge < -0.3 is 5.32 Å². The summed E-state index contributed by atoms with van der Waals surface area (Å²) in [6.07, 6.45) is 3.95. The molecule has 4 rings (SSSR count). The Kier molecular flexibility index (Phi) is 5.29. The Morgan fingerprint density at radius 1 is 1.14 bits per heavy atom. The summed E-state index contributed by atoms with van der Waals surface area (Å²) in [5.41, 5.74) is 6.97. The highest BCUT2D eigenvalue weighted by Gasteiger charge is 2.25. The molecular formula is C24H27N3O. The molecule has 4 nitrogen and oxygen atoms in total. The van der Waals surface area contributed by atoms with E-state index in [0.717, 1.165) is 42.8 Å². The molecule has 1 aliphatic carbocycles. The molecule has 3 aromatic rings. The maximum absolute atomic E-state index is 12.7. The minimum Gasteiger partial charge on any atom is -0.355 e. The number of benzene rings is 2. The molecule has 0 fully saturated rings. The second-order valence-electron chi connectivity index (χ2n) is 7.69. The molecule has 0 saturated heterocycles. The summed E-state index contributed by atoms with van der Waals surface area (Å²) in [6, 6.07) is 18.9. The lowest BCUT2D eigenvalue weighted by Crippen LogP contribution is -2.32. The normalized spacial score (nSPS) is 15.9. The number of fused-ring (bicyclic) bond motifs is 1. The molecule has 0 bridgehead atoms. The monoisotopic (exact) mass is 373 g/mol. The average Bonchev–Trinajstić information content (AvgIpc) is 3.06. The van der Waals surface area contributed by atoms with E-state index in [1.807, 2.05) is 17.7 Å². The first-order valence-electron chi connectivity index (χ1n) is 10.1. The van der Waals surface area contributed by atoms with Crippen LogP contribution >= 0.6 is 0 Å². The summed E-state index contributed by atoms with van der Waals surface area (Å²) < 4.78 is 1.96. The van der Waals surface area contributed by atoms with Crippen molar-refractivity contribution in [2.45, 2.75) is 45.4 Å². The van der Waals surface area contributed by atoms with Crippen molar-refractivity contribution < 1.29 is 4.79 Å². The number of rotatable bonds is 5. The molecule has 1 heterocycles. The lowest BCUT2D eigenvalue weighted by Gasteiger charge is -2.24. The van der Waals surface area contributed by atoms with Crippen LogP contribution in [0.25, 0.3) is 5.69 Å². The molecule has 144 valence electrons. The van der Waals surface area contributed by atoms with E-state index in [2.05, 4.69) is 65.9 Å². The molecule has 1 atom stereocenters. The van der Waals surface area contributed by atoms with E-state index < -0.39 is 0 Å². The van der Waals surface area contributed by atoms with Gasteiger partial charge in [-0.25, -0.2) is 4.68 Å². The molecular weight excluding hydrogens is 346 g/mol. The fourth-order valence-electron chi connectivity index (χ4n) is 4.17. The Hall–Kier alpha value is -2.88. The first-order chi connectivity index (χ1) is 13.6. The molecule has 1 aliphatic rings. The van der Waals surface area contributed by atoms with Crippen LogP contribution in [0.15, 0.2) is 54.6 Å². The predicted molar refractivity (Wildman–Crippen MR) is 112 cm³/mol. The maximum Gasteiger partial charge on any atom is 0.227 e. The highest BCUT2D eigenvalue weighted by atomic mass is 16.1. The van der Waals surface area contributed by atoms with E-state index in [9.17, 15) is 4.79 Å². The van der Waals surface area contributed by atoms with Crippen LogP contribution in [0.3, 0.4) is 0 Å². The molecule has 1 unspecified atom stereocenters. The Bertz CT molecular complexity index is 972. The van der Waals surface area contributed by atoms with Gasteiger partial charge in [0.2, 0.25) is 5.91 Å².